The third-order valence-corrected chi connectivity index (χ3v) is 2.89. The van der Waals surface area contributed by atoms with E-state index in [4.69, 9.17) is 10.2 Å². The summed E-state index contributed by atoms with van der Waals surface area (Å²) in [5, 5.41) is 0. The number of rotatable bonds is 5. The Morgan fingerprint density at radius 3 is 2.92 bits per heavy atom. The van der Waals surface area contributed by atoms with Gasteiger partial charge in [0.05, 0.1) is 6.26 Å². The normalized spacial score (nSPS) is 10.5. The second-order valence-corrected chi connectivity index (χ2v) is 3.82. The Labute approximate surface area is 77.5 Å². The largest absolute Gasteiger partial charge is 0.468 e. The van der Waals surface area contributed by atoms with Gasteiger partial charge in [-0.25, -0.2) is 0 Å². The lowest BCUT2D eigenvalue weighted by Gasteiger charge is -1.97. The summed E-state index contributed by atoms with van der Waals surface area (Å²) in [5.74, 6) is 2.16. The molecule has 0 unspecified atom stereocenters. The zero-order chi connectivity index (χ0) is 8.81. The zero-order valence-corrected chi connectivity index (χ0v) is 8.19. The van der Waals surface area contributed by atoms with Crippen LogP contribution in [0.3, 0.4) is 0 Å². The van der Waals surface area contributed by atoms with Gasteiger partial charge >= 0.3 is 0 Å². The molecule has 0 aliphatic carbocycles. The third kappa shape index (κ3) is 2.91. The average Bonchev–Trinajstić information content (AvgIpc) is 2.46. The Balaban J connectivity index is 2.20. The second-order valence-electron chi connectivity index (χ2n) is 2.69. The summed E-state index contributed by atoms with van der Waals surface area (Å²) in [6, 6.07) is 2.02. The van der Waals surface area contributed by atoms with E-state index in [0.717, 1.165) is 24.5 Å². The van der Waals surface area contributed by atoms with E-state index in [9.17, 15) is 0 Å². The maximum atomic E-state index is 5.39. The average molecular weight is 185 g/mol. The monoisotopic (exact) mass is 185 g/mol. The van der Waals surface area contributed by atoms with Crippen molar-refractivity contribution in [1.29, 1.82) is 0 Å². The van der Waals surface area contributed by atoms with Gasteiger partial charge in [-0.05, 0) is 38.1 Å². The maximum absolute atomic E-state index is 5.39. The van der Waals surface area contributed by atoms with Crippen molar-refractivity contribution in [2.45, 2.75) is 24.7 Å². The molecule has 1 heterocycles. The minimum Gasteiger partial charge on any atom is -0.468 e. The van der Waals surface area contributed by atoms with Crippen molar-refractivity contribution < 1.29 is 4.42 Å². The van der Waals surface area contributed by atoms with Gasteiger partial charge in [0.15, 0.2) is 0 Å². The predicted octanol–water partition coefficient (Wildman–Crippen LogP) is 2.42. The number of furan rings is 1. The second kappa shape index (κ2) is 5.27. The van der Waals surface area contributed by atoms with Crippen LogP contribution in [-0.4, -0.2) is 12.3 Å². The number of hydrogen-bond donors (Lipinski definition) is 1. The summed E-state index contributed by atoms with van der Waals surface area (Å²) in [6.45, 7) is 2.79. The molecule has 0 aliphatic heterocycles. The van der Waals surface area contributed by atoms with Gasteiger partial charge in [0.2, 0.25) is 0 Å². The van der Waals surface area contributed by atoms with E-state index in [1.807, 2.05) is 24.8 Å². The van der Waals surface area contributed by atoms with Crippen LogP contribution in [0.25, 0.3) is 0 Å². The molecule has 1 rings (SSSR count). The van der Waals surface area contributed by atoms with Gasteiger partial charge in [-0.2, -0.15) is 0 Å². The van der Waals surface area contributed by atoms with Crippen LogP contribution >= 0.6 is 11.8 Å². The lowest BCUT2D eigenvalue weighted by molar-refractivity contribution is 0.527. The summed E-state index contributed by atoms with van der Waals surface area (Å²) >= 11 is 1.84. The van der Waals surface area contributed by atoms with E-state index < -0.39 is 0 Å². The number of nitrogens with two attached hydrogens (primary N) is 1. The Morgan fingerprint density at radius 1 is 1.50 bits per heavy atom. The van der Waals surface area contributed by atoms with E-state index in [1.54, 1.807) is 6.26 Å². The fourth-order valence-electron chi connectivity index (χ4n) is 0.952. The van der Waals surface area contributed by atoms with Crippen molar-refractivity contribution in [1.82, 2.24) is 0 Å². The highest BCUT2D eigenvalue weighted by molar-refractivity contribution is 7.99. The van der Waals surface area contributed by atoms with Gasteiger partial charge in [-0.3, -0.25) is 0 Å². The summed E-state index contributed by atoms with van der Waals surface area (Å²) in [6.07, 6.45) is 4.04. The van der Waals surface area contributed by atoms with Gasteiger partial charge in [-0.1, -0.05) is 0 Å². The molecule has 0 fully saturated rings. The zero-order valence-electron chi connectivity index (χ0n) is 7.38. The van der Waals surface area contributed by atoms with Crippen molar-refractivity contribution in [2.75, 3.05) is 12.3 Å². The summed E-state index contributed by atoms with van der Waals surface area (Å²) in [5.41, 5.74) is 5.39. The summed E-state index contributed by atoms with van der Waals surface area (Å²) < 4.78 is 5.18. The van der Waals surface area contributed by atoms with Crippen molar-refractivity contribution in [2.24, 2.45) is 5.73 Å². The molecule has 0 atom stereocenters. The van der Waals surface area contributed by atoms with Crippen LogP contribution in [0.15, 0.2) is 21.6 Å². The molecule has 0 aromatic carbocycles. The minimum absolute atomic E-state index is 0.797. The lowest BCUT2D eigenvalue weighted by Crippen LogP contribution is -1.98. The smallest absolute Gasteiger partial charge is 0.114 e. The van der Waals surface area contributed by atoms with Crippen molar-refractivity contribution >= 4 is 11.8 Å². The summed E-state index contributed by atoms with van der Waals surface area (Å²) in [7, 11) is 0. The quantitative estimate of drug-likeness (QED) is 0.565. The molecule has 0 saturated heterocycles. The van der Waals surface area contributed by atoms with Gasteiger partial charge in [-0.15, -0.1) is 11.8 Å². The number of hydrogen-bond acceptors (Lipinski definition) is 3. The fraction of sp³-hybridized carbons (Fsp3) is 0.556. The van der Waals surface area contributed by atoms with Crippen LogP contribution in [0.4, 0.5) is 0 Å². The first kappa shape index (κ1) is 9.68. The minimum atomic E-state index is 0.797. The number of unbranched alkanes of at least 4 members (excludes halogenated alkanes) is 1. The molecule has 1 aromatic rings. The van der Waals surface area contributed by atoms with Crippen LogP contribution in [0.2, 0.25) is 0 Å². The van der Waals surface area contributed by atoms with E-state index in [-0.39, 0.29) is 0 Å². The van der Waals surface area contributed by atoms with Crippen LogP contribution in [-0.2, 0) is 0 Å². The van der Waals surface area contributed by atoms with E-state index in [2.05, 4.69) is 0 Å². The molecular formula is C9H15NOS. The highest BCUT2D eigenvalue weighted by Crippen LogP contribution is 2.23. The van der Waals surface area contributed by atoms with Crippen LogP contribution < -0.4 is 5.73 Å². The first-order valence-corrected chi connectivity index (χ1v) is 5.20. The molecule has 0 radical (unpaired) electrons. The molecule has 0 aliphatic rings. The number of aryl methyl sites for hydroxylation is 1. The number of thioether (sulfide) groups is 1. The van der Waals surface area contributed by atoms with Crippen molar-refractivity contribution in [3.63, 3.8) is 0 Å². The van der Waals surface area contributed by atoms with E-state index >= 15 is 0 Å². The molecule has 0 saturated carbocycles. The molecule has 0 bridgehead atoms. The van der Waals surface area contributed by atoms with Gasteiger partial charge in [0, 0.05) is 4.90 Å². The molecule has 2 N–H and O–H groups in total. The highest BCUT2D eigenvalue weighted by Gasteiger charge is 2.00. The molecule has 3 heteroatoms. The summed E-state index contributed by atoms with van der Waals surface area (Å²) in [4.78, 5) is 1.26. The standard InChI is InChI=1S/C9H15NOS/c1-8-9(4-6-11-8)12-7-3-2-5-10/h4,6H,2-3,5,7,10H2,1H3. The van der Waals surface area contributed by atoms with Gasteiger partial charge in [0.1, 0.15) is 5.76 Å². The highest BCUT2D eigenvalue weighted by atomic mass is 32.2. The first-order valence-electron chi connectivity index (χ1n) is 4.21. The maximum Gasteiger partial charge on any atom is 0.114 e. The Hall–Kier alpha value is -0.410. The lowest BCUT2D eigenvalue weighted by atomic mass is 10.3. The van der Waals surface area contributed by atoms with Gasteiger partial charge in [0.25, 0.3) is 0 Å². The Kier molecular flexibility index (Phi) is 4.25. The Morgan fingerprint density at radius 2 is 2.33 bits per heavy atom. The SMILES string of the molecule is Cc1occc1SCCCCN. The topological polar surface area (TPSA) is 39.2 Å². The van der Waals surface area contributed by atoms with Crippen LogP contribution in [0.5, 0.6) is 0 Å². The van der Waals surface area contributed by atoms with E-state index in [1.165, 1.54) is 11.3 Å². The fourth-order valence-corrected chi connectivity index (χ4v) is 1.92. The Bertz CT molecular complexity index is 222. The molecule has 0 spiro atoms. The first-order chi connectivity index (χ1) is 5.84. The molecule has 1 aromatic heterocycles. The third-order valence-electron chi connectivity index (χ3n) is 1.67. The van der Waals surface area contributed by atoms with Crippen LogP contribution in [0.1, 0.15) is 18.6 Å². The van der Waals surface area contributed by atoms with Crippen LogP contribution in [0, 0.1) is 6.92 Å². The molecule has 0 amide bonds. The van der Waals surface area contributed by atoms with Crippen molar-refractivity contribution in [3.8, 4) is 0 Å². The predicted molar refractivity (Wildman–Crippen MR) is 52.5 cm³/mol. The molecule has 2 nitrogen and oxygen atoms in total. The van der Waals surface area contributed by atoms with E-state index in [0.29, 0.717) is 0 Å². The molecular weight excluding hydrogens is 170 g/mol. The van der Waals surface area contributed by atoms with Gasteiger partial charge < -0.3 is 10.2 Å². The molecule has 12 heavy (non-hydrogen) atoms. The molecule has 68 valence electrons. The van der Waals surface area contributed by atoms with Crippen molar-refractivity contribution in [3.05, 3.63) is 18.1 Å².